The predicted molar refractivity (Wildman–Crippen MR) is 102 cm³/mol. The number of carbonyl (C=O) groups excluding carboxylic acids is 1. The first kappa shape index (κ1) is 16.4. The Kier molecular flexibility index (Phi) is 5.30. The van der Waals surface area contributed by atoms with E-state index >= 15 is 0 Å². The lowest BCUT2D eigenvalue weighted by Crippen LogP contribution is -2.23. The highest BCUT2D eigenvalue weighted by molar-refractivity contribution is 8.39. The van der Waals surface area contributed by atoms with E-state index in [4.69, 9.17) is 11.6 Å². The number of hydrogen-bond acceptors (Lipinski definition) is 4. The van der Waals surface area contributed by atoms with Gasteiger partial charge >= 0.3 is 0 Å². The molecule has 1 atom stereocenters. The van der Waals surface area contributed by atoms with Gasteiger partial charge in [0.2, 0.25) is 5.91 Å². The monoisotopic (exact) mass is 362 g/mol. The molecule has 2 aromatic rings. The summed E-state index contributed by atoms with van der Waals surface area (Å²) >= 11 is 9.01. The summed E-state index contributed by atoms with van der Waals surface area (Å²) in [5.41, 5.74) is 2.98. The Bertz CT molecular complexity index is 747. The first-order valence-corrected chi connectivity index (χ1v) is 9.38. The van der Waals surface area contributed by atoms with Crippen LogP contribution in [0.1, 0.15) is 12.5 Å². The first-order valence-electron chi connectivity index (χ1n) is 7.14. The lowest BCUT2D eigenvalue weighted by atomic mass is 10.2. The van der Waals surface area contributed by atoms with E-state index < -0.39 is 0 Å². The minimum Gasteiger partial charge on any atom is -0.325 e. The second-order valence-electron chi connectivity index (χ2n) is 5.05. The quantitative estimate of drug-likeness (QED) is 0.801. The average Bonchev–Trinajstić information content (AvgIpc) is 2.56. The summed E-state index contributed by atoms with van der Waals surface area (Å²) in [6.07, 6.45) is 0. The van der Waals surface area contributed by atoms with Gasteiger partial charge in [0.05, 0.1) is 10.9 Å². The molecule has 0 bridgehead atoms. The Hall–Kier alpha value is -1.43. The number of hydrogen-bond donors (Lipinski definition) is 1. The number of fused-ring (bicyclic) bond motifs is 1. The third kappa shape index (κ3) is 4.31. The Morgan fingerprint density at radius 3 is 2.78 bits per heavy atom. The molecular weight excluding hydrogens is 348 g/mol. The molecule has 0 aromatic heterocycles. The van der Waals surface area contributed by atoms with Crippen molar-refractivity contribution >= 4 is 56.8 Å². The fourth-order valence-corrected chi connectivity index (χ4v) is 4.37. The molecule has 0 saturated heterocycles. The van der Waals surface area contributed by atoms with Crippen LogP contribution in [0.3, 0.4) is 0 Å². The third-order valence-electron chi connectivity index (χ3n) is 3.31. The van der Waals surface area contributed by atoms with Gasteiger partial charge in [0.25, 0.3) is 0 Å². The number of aliphatic imine (C=N–C) groups is 1. The Labute approximate surface area is 148 Å². The minimum absolute atomic E-state index is 0.0421. The molecule has 2 aromatic carbocycles. The van der Waals surface area contributed by atoms with Crippen molar-refractivity contribution in [3.63, 3.8) is 0 Å². The van der Waals surface area contributed by atoms with Gasteiger partial charge in [-0.25, -0.2) is 4.99 Å². The van der Waals surface area contributed by atoms with Crippen LogP contribution in [0, 0.1) is 0 Å². The van der Waals surface area contributed by atoms with Crippen molar-refractivity contribution in [1.29, 1.82) is 0 Å². The molecule has 0 saturated carbocycles. The maximum Gasteiger partial charge on any atom is 0.237 e. The highest BCUT2D eigenvalue weighted by Crippen LogP contribution is 2.35. The number of nitrogens with one attached hydrogen (secondary N) is 1. The molecule has 3 rings (SSSR count). The zero-order valence-corrected chi connectivity index (χ0v) is 14.8. The number of para-hydroxylation sites is 1. The topological polar surface area (TPSA) is 41.5 Å². The van der Waals surface area contributed by atoms with Crippen molar-refractivity contribution < 1.29 is 4.79 Å². The predicted octanol–water partition coefficient (Wildman–Crippen LogP) is 5.33. The van der Waals surface area contributed by atoms with Crippen molar-refractivity contribution in [2.45, 2.75) is 17.9 Å². The molecule has 1 N–H and O–H groups in total. The smallest absolute Gasteiger partial charge is 0.237 e. The van der Waals surface area contributed by atoms with Crippen molar-refractivity contribution in [2.75, 3.05) is 5.32 Å². The maximum atomic E-state index is 12.3. The van der Waals surface area contributed by atoms with Gasteiger partial charge in [-0.3, -0.25) is 4.79 Å². The highest BCUT2D eigenvalue weighted by atomic mass is 35.5. The number of benzene rings is 2. The summed E-state index contributed by atoms with van der Waals surface area (Å²) < 4.78 is 0.933. The summed E-state index contributed by atoms with van der Waals surface area (Å²) in [4.78, 5) is 16.9. The molecule has 23 heavy (non-hydrogen) atoms. The van der Waals surface area contributed by atoms with Crippen LogP contribution in [0.25, 0.3) is 0 Å². The largest absolute Gasteiger partial charge is 0.325 e. The van der Waals surface area contributed by atoms with Crippen LogP contribution in [0.4, 0.5) is 11.4 Å². The lowest BCUT2D eigenvalue weighted by Gasteiger charge is -2.17. The molecule has 0 spiro atoms. The van der Waals surface area contributed by atoms with Crippen LogP contribution in [-0.4, -0.2) is 15.5 Å². The van der Waals surface area contributed by atoms with Gasteiger partial charge < -0.3 is 5.32 Å². The van der Waals surface area contributed by atoms with Crippen LogP contribution in [0.2, 0.25) is 5.02 Å². The second-order valence-corrected chi connectivity index (χ2v) is 8.04. The second kappa shape index (κ2) is 7.43. The Morgan fingerprint density at radius 1 is 1.26 bits per heavy atom. The van der Waals surface area contributed by atoms with E-state index in [2.05, 4.69) is 16.4 Å². The molecule has 1 amide bonds. The van der Waals surface area contributed by atoms with E-state index in [1.807, 2.05) is 25.1 Å². The summed E-state index contributed by atoms with van der Waals surface area (Å²) in [7, 11) is 0. The van der Waals surface area contributed by atoms with Gasteiger partial charge in [-0.2, -0.15) is 0 Å². The van der Waals surface area contributed by atoms with E-state index in [1.54, 1.807) is 36.0 Å². The molecule has 0 radical (unpaired) electrons. The van der Waals surface area contributed by atoms with E-state index in [9.17, 15) is 4.79 Å². The van der Waals surface area contributed by atoms with E-state index in [0.29, 0.717) is 5.02 Å². The normalized spacial score (nSPS) is 14.6. The third-order valence-corrected chi connectivity index (χ3v) is 5.86. The summed E-state index contributed by atoms with van der Waals surface area (Å²) in [6, 6.07) is 15.2. The molecule has 1 unspecified atom stereocenters. The molecule has 1 aliphatic heterocycles. The molecule has 6 heteroatoms. The maximum absolute atomic E-state index is 12.3. The molecule has 0 fully saturated rings. The van der Waals surface area contributed by atoms with Gasteiger partial charge in [-0.05, 0) is 42.8 Å². The van der Waals surface area contributed by atoms with Crippen LogP contribution in [0.15, 0.2) is 53.5 Å². The van der Waals surface area contributed by atoms with Crippen molar-refractivity contribution in [3.05, 3.63) is 59.1 Å². The fourth-order valence-electron chi connectivity index (χ4n) is 2.05. The standard InChI is InChI=1S/C17H15ClN2OS2/c1-11(16(21)19-14-8-6-13(18)7-9-14)23-17-20-15-5-3-2-4-12(15)10-22-17/h2-9,11H,10H2,1H3,(H,19,21). The lowest BCUT2D eigenvalue weighted by molar-refractivity contribution is -0.115. The van der Waals surface area contributed by atoms with Gasteiger partial charge in [-0.1, -0.05) is 53.3 Å². The zero-order chi connectivity index (χ0) is 16.2. The number of carbonyl (C=O) groups is 1. The molecule has 3 nitrogen and oxygen atoms in total. The first-order chi connectivity index (χ1) is 11.1. The van der Waals surface area contributed by atoms with Crippen molar-refractivity contribution in [3.8, 4) is 0 Å². The highest BCUT2D eigenvalue weighted by Gasteiger charge is 2.20. The van der Waals surface area contributed by atoms with Gasteiger partial charge in [0.15, 0.2) is 0 Å². The van der Waals surface area contributed by atoms with E-state index in [0.717, 1.165) is 21.5 Å². The molecule has 1 heterocycles. The average molecular weight is 363 g/mol. The van der Waals surface area contributed by atoms with Crippen LogP contribution >= 0.6 is 35.1 Å². The van der Waals surface area contributed by atoms with Crippen LogP contribution in [0.5, 0.6) is 0 Å². The number of amides is 1. The Morgan fingerprint density at radius 2 is 2.00 bits per heavy atom. The summed E-state index contributed by atoms with van der Waals surface area (Å²) in [5, 5.41) is 3.32. The van der Waals surface area contributed by atoms with E-state index in [-0.39, 0.29) is 11.2 Å². The van der Waals surface area contributed by atoms with E-state index in [1.165, 1.54) is 17.3 Å². The Balaban J connectivity index is 1.63. The number of rotatable bonds is 3. The number of nitrogens with zero attached hydrogens (tertiary/aromatic N) is 1. The van der Waals surface area contributed by atoms with Crippen molar-refractivity contribution in [2.24, 2.45) is 4.99 Å². The SMILES string of the molecule is CC(SC1=Nc2ccccc2CS1)C(=O)Nc1ccc(Cl)cc1. The van der Waals surface area contributed by atoms with Gasteiger partial charge in [-0.15, -0.1) is 0 Å². The van der Waals surface area contributed by atoms with Crippen LogP contribution in [-0.2, 0) is 10.5 Å². The molecule has 1 aliphatic rings. The fraction of sp³-hybridized carbons (Fsp3) is 0.176. The molecular formula is C17H15ClN2OS2. The molecule has 0 aliphatic carbocycles. The van der Waals surface area contributed by atoms with Crippen molar-refractivity contribution in [1.82, 2.24) is 0 Å². The summed E-state index contributed by atoms with van der Waals surface area (Å²) in [5.74, 6) is 0.854. The molecule has 118 valence electrons. The number of halogens is 1. The zero-order valence-electron chi connectivity index (χ0n) is 12.5. The number of thioether (sulfide) groups is 2. The number of anilines is 1. The van der Waals surface area contributed by atoms with Gasteiger partial charge in [0.1, 0.15) is 4.38 Å². The minimum atomic E-state index is -0.220. The summed E-state index contributed by atoms with van der Waals surface area (Å²) in [6.45, 7) is 1.89. The van der Waals surface area contributed by atoms with Gasteiger partial charge in [0, 0.05) is 16.5 Å². The van der Waals surface area contributed by atoms with Crippen LogP contribution < -0.4 is 5.32 Å².